The van der Waals surface area contributed by atoms with Crippen molar-refractivity contribution in [1.29, 1.82) is 0 Å². The average Bonchev–Trinajstić information content (AvgIpc) is 2.27. The van der Waals surface area contributed by atoms with E-state index in [4.69, 9.17) is 10.5 Å². The maximum absolute atomic E-state index is 11.4. The summed E-state index contributed by atoms with van der Waals surface area (Å²) >= 11 is 0. The summed E-state index contributed by atoms with van der Waals surface area (Å²) in [7, 11) is 4.01. The van der Waals surface area contributed by atoms with Crippen molar-refractivity contribution in [1.82, 2.24) is 4.90 Å². The van der Waals surface area contributed by atoms with Crippen LogP contribution in [0.25, 0.3) is 0 Å². The third kappa shape index (κ3) is 3.47. The van der Waals surface area contributed by atoms with E-state index in [9.17, 15) is 4.79 Å². The van der Waals surface area contributed by atoms with Crippen LogP contribution >= 0.6 is 0 Å². The Balaban J connectivity index is 2.81. The standard InChI is InChI=1S/C14H22N2O2/c1-10(17)12-8-11(6-7-13(12)15)18-9-14(2,3)16(4)5/h6-8H,9,15H2,1-5H3. The van der Waals surface area contributed by atoms with E-state index in [2.05, 4.69) is 18.7 Å². The predicted molar refractivity (Wildman–Crippen MR) is 74.1 cm³/mol. The zero-order valence-electron chi connectivity index (χ0n) is 11.8. The Morgan fingerprint density at radius 1 is 1.39 bits per heavy atom. The van der Waals surface area contributed by atoms with Crippen LogP contribution in [0.5, 0.6) is 5.75 Å². The Bertz CT molecular complexity index is 439. The Morgan fingerprint density at radius 3 is 2.50 bits per heavy atom. The molecule has 18 heavy (non-hydrogen) atoms. The molecule has 0 atom stereocenters. The van der Waals surface area contributed by atoms with Gasteiger partial charge < -0.3 is 15.4 Å². The summed E-state index contributed by atoms with van der Waals surface area (Å²) in [5.41, 5.74) is 6.66. The number of ketones is 1. The van der Waals surface area contributed by atoms with Crippen molar-refractivity contribution in [2.75, 3.05) is 26.4 Å². The lowest BCUT2D eigenvalue weighted by Gasteiger charge is -2.32. The normalized spacial score (nSPS) is 11.7. The summed E-state index contributed by atoms with van der Waals surface area (Å²) in [6.07, 6.45) is 0. The number of anilines is 1. The van der Waals surface area contributed by atoms with Gasteiger partial charge in [-0.3, -0.25) is 4.79 Å². The lowest BCUT2D eigenvalue weighted by Crippen LogP contribution is -2.43. The van der Waals surface area contributed by atoms with E-state index in [0.29, 0.717) is 23.6 Å². The fourth-order valence-electron chi connectivity index (χ4n) is 1.32. The van der Waals surface area contributed by atoms with Gasteiger partial charge in [0.25, 0.3) is 0 Å². The van der Waals surface area contributed by atoms with Gasteiger partial charge in [0.2, 0.25) is 0 Å². The zero-order valence-corrected chi connectivity index (χ0v) is 11.8. The highest BCUT2D eigenvalue weighted by Gasteiger charge is 2.21. The van der Waals surface area contributed by atoms with Crippen molar-refractivity contribution >= 4 is 11.5 Å². The Labute approximate surface area is 109 Å². The van der Waals surface area contributed by atoms with Gasteiger partial charge >= 0.3 is 0 Å². The van der Waals surface area contributed by atoms with Gasteiger partial charge in [-0.1, -0.05) is 0 Å². The molecule has 0 aliphatic rings. The second kappa shape index (κ2) is 5.40. The average molecular weight is 250 g/mol. The summed E-state index contributed by atoms with van der Waals surface area (Å²) in [4.78, 5) is 13.5. The van der Waals surface area contributed by atoms with Gasteiger partial charge in [0, 0.05) is 16.8 Å². The lowest BCUT2D eigenvalue weighted by atomic mass is 10.1. The van der Waals surface area contributed by atoms with Crippen LogP contribution in [-0.2, 0) is 0 Å². The SMILES string of the molecule is CC(=O)c1cc(OCC(C)(C)N(C)C)ccc1N. The van der Waals surface area contributed by atoms with E-state index in [-0.39, 0.29) is 11.3 Å². The van der Waals surface area contributed by atoms with Gasteiger partial charge in [0.1, 0.15) is 12.4 Å². The minimum Gasteiger partial charge on any atom is -0.492 e. The third-order valence-electron chi connectivity index (χ3n) is 3.21. The summed E-state index contributed by atoms with van der Waals surface area (Å²) in [6.45, 7) is 6.23. The Morgan fingerprint density at radius 2 is 2.00 bits per heavy atom. The molecule has 100 valence electrons. The number of rotatable bonds is 5. The predicted octanol–water partition coefficient (Wildman–Crippen LogP) is 2.19. The summed E-state index contributed by atoms with van der Waals surface area (Å²) in [5.74, 6) is 0.620. The van der Waals surface area contributed by atoms with Crippen LogP contribution in [-0.4, -0.2) is 36.9 Å². The van der Waals surface area contributed by atoms with Gasteiger partial charge in [-0.25, -0.2) is 0 Å². The van der Waals surface area contributed by atoms with Gasteiger partial charge in [-0.2, -0.15) is 0 Å². The minimum atomic E-state index is -0.0717. The summed E-state index contributed by atoms with van der Waals surface area (Å²) in [5, 5.41) is 0. The first kappa shape index (κ1) is 14.5. The highest BCUT2D eigenvalue weighted by molar-refractivity contribution is 5.99. The number of hydrogen-bond donors (Lipinski definition) is 1. The first-order valence-electron chi connectivity index (χ1n) is 5.95. The molecule has 0 bridgehead atoms. The first-order chi connectivity index (χ1) is 8.24. The smallest absolute Gasteiger partial charge is 0.162 e. The van der Waals surface area contributed by atoms with Gasteiger partial charge in [-0.05, 0) is 53.1 Å². The minimum absolute atomic E-state index is 0.0511. The van der Waals surface area contributed by atoms with Crippen LogP contribution in [0.4, 0.5) is 5.69 Å². The Hall–Kier alpha value is -1.55. The fraction of sp³-hybridized carbons (Fsp3) is 0.500. The zero-order chi connectivity index (χ0) is 13.9. The number of likely N-dealkylation sites (N-methyl/N-ethyl adjacent to an activating group) is 1. The monoisotopic (exact) mass is 250 g/mol. The quantitative estimate of drug-likeness (QED) is 0.643. The maximum atomic E-state index is 11.4. The molecule has 1 aromatic carbocycles. The molecule has 0 aliphatic carbocycles. The van der Waals surface area contributed by atoms with Crippen LogP contribution in [0.3, 0.4) is 0 Å². The maximum Gasteiger partial charge on any atom is 0.162 e. The molecular formula is C14H22N2O2. The van der Waals surface area contributed by atoms with E-state index in [1.807, 2.05) is 14.1 Å². The molecule has 0 aliphatic heterocycles. The van der Waals surface area contributed by atoms with Crippen molar-refractivity contribution in [2.24, 2.45) is 0 Å². The van der Waals surface area contributed by atoms with E-state index < -0.39 is 0 Å². The van der Waals surface area contributed by atoms with Crippen LogP contribution in [0.2, 0.25) is 0 Å². The number of carbonyl (C=O) groups excluding carboxylic acids is 1. The molecule has 0 amide bonds. The molecule has 2 N–H and O–H groups in total. The van der Waals surface area contributed by atoms with Crippen molar-refractivity contribution in [3.63, 3.8) is 0 Å². The second-order valence-corrected chi connectivity index (χ2v) is 5.30. The molecule has 0 heterocycles. The van der Waals surface area contributed by atoms with Gasteiger partial charge in [0.05, 0.1) is 0 Å². The number of nitrogen functional groups attached to an aromatic ring is 1. The van der Waals surface area contributed by atoms with Crippen molar-refractivity contribution in [3.8, 4) is 5.75 Å². The largest absolute Gasteiger partial charge is 0.492 e. The number of nitrogens with two attached hydrogens (primary N) is 1. The molecule has 0 saturated heterocycles. The van der Waals surface area contributed by atoms with Crippen molar-refractivity contribution < 1.29 is 9.53 Å². The second-order valence-electron chi connectivity index (χ2n) is 5.30. The number of nitrogens with zero attached hydrogens (tertiary/aromatic N) is 1. The molecule has 0 saturated carbocycles. The molecule has 0 aromatic heterocycles. The lowest BCUT2D eigenvalue weighted by molar-refractivity contribution is 0.101. The molecule has 4 heteroatoms. The number of Topliss-reactive ketones (excluding diaryl/α,β-unsaturated/α-hetero) is 1. The number of hydrogen-bond acceptors (Lipinski definition) is 4. The molecule has 0 fully saturated rings. The highest BCUT2D eigenvalue weighted by Crippen LogP contribution is 2.21. The van der Waals surface area contributed by atoms with Gasteiger partial charge in [0.15, 0.2) is 5.78 Å². The summed E-state index contributed by atoms with van der Waals surface area (Å²) < 4.78 is 5.73. The van der Waals surface area contributed by atoms with Crippen LogP contribution in [0, 0.1) is 0 Å². The van der Waals surface area contributed by atoms with E-state index >= 15 is 0 Å². The van der Waals surface area contributed by atoms with Crippen LogP contribution in [0.1, 0.15) is 31.1 Å². The molecule has 1 aromatic rings. The molecule has 1 rings (SSSR count). The summed E-state index contributed by atoms with van der Waals surface area (Å²) in [6, 6.07) is 5.19. The van der Waals surface area contributed by atoms with Crippen LogP contribution < -0.4 is 10.5 Å². The third-order valence-corrected chi connectivity index (χ3v) is 3.21. The Kier molecular flexibility index (Phi) is 4.35. The van der Waals surface area contributed by atoms with E-state index in [1.54, 1.807) is 18.2 Å². The highest BCUT2D eigenvalue weighted by atomic mass is 16.5. The van der Waals surface area contributed by atoms with E-state index in [0.717, 1.165) is 0 Å². The molecule has 0 unspecified atom stereocenters. The van der Waals surface area contributed by atoms with E-state index in [1.165, 1.54) is 6.92 Å². The van der Waals surface area contributed by atoms with Crippen LogP contribution in [0.15, 0.2) is 18.2 Å². The molecular weight excluding hydrogens is 228 g/mol. The molecule has 0 spiro atoms. The topological polar surface area (TPSA) is 55.6 Å². The molecule has 0 radical (unpaired) electrons. The number of carbonyl (C=O) groups is 1. The van der Waals surface area contributed by atoms with Crippen molar-refractivity contribution in [3.05, 3.63) is 23.8 Å². The number of ether oxygens (including phenoxy) is 1. The van der Waals surface area contributed by atoms with Crippen molar-refractivity contribution in [2.45, 2.75) is 26.3 Å². The van der Waals surface area contributed by atoms with Gasteiger partial charge in [-0.15, -0.1) is 0 Å². The fourth-order valence-corrected chi connectivity index (χ4v) is 1.32. The first-order valence-corrected chi connectivity index (χ1v) is 5.95. The molecule has 4 nitrogen and oxygen atoms in total. The number of benzene rings is 1.